The first kappa shape index (κ1) is 25.2. The lowest BCUT2D eigenvalue weighted by molar-refractivity contribution is -0.153. The number of halogens is 7. The summed E-state index contributed by atoms with van der Waals surface area (Å²) in [7, 11) is 0. The Kier molecular flexibility index (Phi) is 6.94. The predicted octanol–water partition coefficient (Wildman–Crippen LogP) is 7.50. The molecule has 1 aliphatic rings. The van der Waals surface area contributed by atoms with E-state index in [0.29, 0.717) is 6.42 Å². The van der Waals surface area contributed by atoms with Crippen LogP contribution in [0.25, 0.3) is 11.1 Å². The van der Waals surface area contributed by atoms with E-state index < -0.39 is 35.9 Å². The van der Waals surface area contributed by atoms with Crippen LogP contribution < -0.4 is 4.74 Å². The Labute approximate surface area is 191 Å². The van der Waals surface area contributed by atoms with Crippen LogP contribution in [-0.4, -0.2) is 23.9 Å². The fourth-order valence-electron chi connectivity index (χ4n) is 3.87. The SMILES string of the molecule is CC(CC1CCC1)(C(=O)O)c1cc(Cl)c(OCC(F)(F)F)c(-c2ccc(C(F)(F)F)cc2)c1. The fourth-order valence-corrected chi connectivity index (χ4v) is 4.14. The van der Waals surface area contributed by atoms with Crippen LogP contribution >= 0.6 is 11.6 Å². The van der Waals surface area contributed by atoms with Gasteiger partial charge in [-0.3, -0.25) is 4.79 Å². The van der Waals surface area contributed by atoms with Crippen molar-refractivity contribution >= 4 is 17.6 Å². The topological polar surface area (TPSA) is 46.5 Å². The summed E-state index contributed by atoms with van der Waals surface area (Å²) in [5, 5.41) is 9.71. The molecule has 1 unspecified atom stereocenters. The van der Waals surface area contributed by atoms with Gasteiger partial charge in [0.05, 0.1) is 16.0 Å². The Morgan fingerprint density at radius 1 is 1.06 bits per heavy atom. The van der Waals surface area contributed by atoms with Crippen LogP contribution in [0.3, 0.4) is 0 Å². The molecule has 180 valence electrons. The van der Waals surface area contributed by atoms with Gasteiger partial charge in [0, 0.05) is 5.56 Å². The van der Waals surface area contributed by atoms with Crippen LogP contribution in [0.15, 0.2) is 36.4 Å². The zero-order valence-corrected chi connectivity index (χ0v) is 18.2. The maximum Gasteiger partial charge on any atom is 0.422 e. The second-order valence-electron chi connectivity index (χ2n) is 8.45. The van der Waals surface area contributed by atoms with Crippen LogP contribution in [-0.2, 0) is 16.4 Å². The molecule has 10 heteroatoms. The highest BCUT2D eigenvalue weighted by molar-refractivity contribution is 6.32. The van der Waals surface area contributed by atoms with Gasteiger partial charge in [-0.2, -0.15) is 26.3 Å². The van der Waals surface area contributed by atoms with Crippen molar-refractivity contribution in [3.63, 3.8) is 0 Å². The Hall–Kier alpha value is -2.42. The largest absolute Gasteiger partial charge is 0.482 e. The van der Waals surface area contributed by atoms with Crippen molar-refractivity contribution in [1.82, 2.24) is 0 Å². The number of alkyl halides is 6. The van der Waals surface area contributed by atoms with Gasteiger partial charge in [-0.25, -0.2) is 0 Å². The van der Waals surface area contributed by atoms with Crippen LogP contribution in [0.1, 0.15) is 43.7 Å². The van der Waals surface area contributed by atoms with E-state index in [2.05, 4.69) is 0 Å². The second-order valence-corrected chi connectivity index (χ2v) is 8.86. The van der Waals surface area contributed by atoms with Gasteiger partial charge < -0.3 is 9.84 Å². The van der Waals surface area contributed by atoms with Gasteiger partial charge in [-0.15, -0.1) is 0 Å². The summed E-state index contributed by atoms with van der Waals surface area (Å²) >= 11 is 6.25. The zero-order valence-electron chi connectivity index (χ0n) is 17.5. The van der Waals surface area contributed by atoms with E-state index in [1.165, 1.54) is 19.1 Å². The number of carboxylic acid groups (broad SMARTS) is 1. The van der Waals surface area contributed by atoms with Gasteiger partial charge in [0.15, 0.2) is 6.61 Å². The van der Waals surface area contributed by atoms with Gasteiger partial charge in [0.2, 0.25) is 0 Å². The number of carboxylic acids is 1. The van der Waals surface area contributed by atoms with Crippen molar-refractivity contribution in [2.24, 2.45) is 5.92 Å². The van der Waals surface area contributed by atoms with Crippen LogP contribution in [0.5, 0.6) is 5.75 Å². The lowest BCUT2D eigenvalue weighted by Gasteiger charge is -2.35. The molecule has 1 atom stereocenters. The molecule has 0 aliphatic heterocycles. The number of carbonyl (C=O) groups is 1. The number of hydrogen-bond donors (Lipinski definition) is 1. The molecule has 1 saturated carbocycles. The molecule has 0 saturated heterocycles. The average Bonchev–Trinajstić information content (AvgIpc) is 2.67. The number of benzene rings is 2. The molecule has 0 aromatic heterocycles. The van der Waals surface area contributed by atoms with Crippen LogP contribution in [0.2, 0.25) is 5.02 Å². The van der Waals surface area contributed by atoms with Gasteiger partial charge in [0.25, 0.3) is 0 Å². The Morgan fingerprint density at radius 3 is 2.12 bits per heavy atom. The van der Waals surface area contributed by atoms with E-state index in [0.717, 1.165) is 43.5 Å². The van der Waals surface area contributed by atoms with Crippen molar-refractivity contribution in [2.45, 2.75) is 50.4 Å². The minimum absolute atomic E-state index is 0.0171. The third-order valence-corrected chi connectivity index (χ3v) is 6.26. The predicted molar refractivity (Wildman–Crippen MR) is 110 cm³/mol. The summed E-state index contributed by atoms with van der Waals surface area (Å²) < 4.78 is 82.1. The van der Waals surface area contributed by atoms with E-state index >= 15 is 0 Å². The first-order chi connectivity index (χ1) is 15.2. The lowest BCUT2D eigenvalue weighted by atomic mass is 9.69. The van der Waals surface area contributed by atoms with E-state index in [1.54, 1.807) is 0 Å². The molecule has 0 radical (unpaired) electrons. The van der Waals surface area contributed by atoms with Crippen molar-refractivity contribution in [3.05, 3.63) is 52.5 Å². The smallest absolute Gasteiger partial charge is 0.422 e. The first-order valence-electron chi connectivity index (χ1n) is 10.2. The normalized spacial score (nSPS) is 16.7. The van der Waals surface area contributed by atoms with E-state index in [1.807, 2.05) is 0 Å². The summed E-state index contributed by atoms with van der Waals surface area (Å²) in [5.74, 6) is -1.33. The first-order valence-corrected chi connectivity index (χ1v) is 10.5. The quantitative estimate of drug-likeness (QED) is 0.405. The van der Waals surface area contributed by atoms with E-state index in [-0.39, 0.29) is 33.4 Å². The number of ether oxygens (including phenoxy) is 1. The molecule has 33 heavy (non-hydrogen) atoms. The standard InChI is InChI=1S/C23H21ClF6O3/c1-21(20(31)32,11-13-3-2-4-13)16-9-17(14-5-7-15(8-6-14)23(28,29)30)19(18(24)10-16)33-12-22(25,26)27/h5-10,13H,2-4,11-12H2,1H3,(H,31,32). The molecule has 3 rings (SSSR count). The fraction of sp³-hybridized carbons (Fsp3) is 0.435. The second kappa shape index (κ2) is 9.08. The van der Waals surface area contributed by atoms with Crippen molar-refractivity contribution in [1.29, 1.82) is 0 Å². The summed E-state index contributed by atoms with van der Waals surface area (Å²) in [6.07, 6.45) is -6.25. The molecule has 1 N–H and O–H groups in total. The Balaban J connectivity index is 2.12. The maximum absolute atomic E-state index is 13.0. The molecule has 1 aliphatic carbocycles. The summed E-state index contributed by atoms with van der Waals surface area (Å²) in [6, 6.07) is 6.34. The van der Waals surface area contributed by atoms with E-state index in [9.17, 15) is 36.2 Å². The Bertz CT molecular complexity index is 1010. The molecule has 1 fully saturated rings. The minimum atomic E-state index is -4.68. The van der Waals surface area contributed by atoms with Crippen molar-refractivity contribution < 1.29 is 41.0 Å². The van der Waals surface area contributed by atoms with E-state index in [4.69, 9.17) is 16.3 Å². The molecule has 2 aromatic carbocycles. The highest BCUT2D eigenvalue weighted by Crippen LogP contribution is 2.45. The van der Waals surface area contributed by atoms with Gasteiger partial charge in [0.1, 0.15) is 5.75 Å². The van der Waals surface area contributed by atoms with Gasteiger partial charge in [-0.1, -0.05) is 43.0 Å². The average molecular weight is 495 g/mol. The summed E-state index contributed by atoms with van der Waals surface area (Å²) in [6.45, 7) is -0.163. The van der Waals surface area contributed by atoms with Crippen molar-refractivity contribution in [2.75, 3.05) is 6.61 Å². The third-order valence-electron chi connectivity index (χ3n) is 5.98. The summed E-state index contributed by atoms with van der Waals surface area (Å²) in [4.78, 5) is 12.2. The molecule has 0 heterocycles. The minimum Gasteiger partial charge on any atom is -0.482 e. The lowest BCUT2D eigenvalue weighted by Crippen LogP contribution is -2.36. The molecule has 0 amide bonds. The third kappa shape index (κ3) is 5.75. The Morgan fingerprint density at radius 2 is 1.67 bits per heavy atom. The molecule has 0 spiro atoms. The molecular weight excluding hydrogens is 474 g/mol. The van der Waals surface area contributed by atoms with Crippen LogP contribution in [0, 0.1) is 5.92 Å². The molecule has 3 nitrogen and oxygen atoms in total. The maximum atomic E-state index is 13.0. The van der Waals surface area contributed by atoms with Crippen molar-refractivity contribution in [3.8, 4) is 16.9 Å². The monoisotopic (exact) mass is 494 g/mol. The number of aliphatic carboxylic acids is 1. The highest BCUT2D eigenvalue weighted by Gasteiger charge is 2.40. The highest BCUT2D eigenvalue weighted by atomic mass is 35.5. The molecular formula is C23H21ClF6O3. The van der Waals surface area contributed by atoms with Crippen LogP contribution in [0.4, 0.5) is 26.3 Å². The molecule has 0 bridgehead atoms. The number of hydrogen-bond acceptors (Lipinski definition) is 2. The van der Waals surface area contributed by atoms with Gasteiger partial charge >= 0.3 is 18.3 Å². The summed E-state index contributed by atoms with van der Waals surface area (Å²) in [5.41, 5.74) is -2.00. The molecule has 2 aromatic rings. The number of rotatable bonds is 7. The zero-order chi connectivity index (χ0) is 24.6. The van der Waals surface area contributed by atoms with Gasteiger partial charge in [-0.05, 0) is 54.7 Å².